The number of halogens is 1. The van der Waals surface area contributed by atoms with Gasteiger partial charge in [-0.1, -0.05) is 167 Å². The minimum Gasteiger partial charge on any atom is -0.211 e. The molecular weight excluding hydrogens is 454 g/mol. The third-order valence-electron chi connectivity index (χ3n) is 7.11. The highest BCUT2D eigenvalue weighted by atomic mass is 35.6. The molecule has 0 atom stereocenters. The van der Waals surface area contributed by atoms with Crippen LogP contribution in [0.4, 0.5) is 0 Å². The van der Waals surface area contributed by atoms with E-state index in [0.29, 0.717) is 6.54 Å². The number of isocyanates is 1. The van der Waals surface area contributed by atoms with Crippen molar-refractivity contribution in [1.82, 2.24) is 0 Å². The summed E-state index contributed by atoms with van der Waals surface area (Å²) in [7, 11) is -1.32. The molecule has 0 bridgehead atoms. The highest BCUT2D eigenvalue weighted by Crippen LogP contribution is 2.20. The van der Waals surface area contributed by atoms with Gasteiger partial charge in [0.25, 0.3) is 0 Å². The van der Waals surface area contributed by atoms with E-state index in [1.807, 2.05) is 0 Å². The van der Waals surface area contributed by atoms with Crippen LogP contribution in [0.25, 0.3) is 0 Å². The molecule has 0 rings (SSSR count). The molecule has 0 radical (unpaired) electrons. The van der Waals surface area contributed by atoms with Crippen molar-refractivity contribution >= 4 is 24.5 Å². The first-order valence-corrected chi connectivity index (χ1v) is 19.5. The van der Waals surface area contributed by atoms with Crippen molar-refractivity contribution in [3.8, 4) is 0 Å². The maximum Gasteiger partial charge on any atom is 0.234 e. The van der Waals surface area contributed by atoms with Crippen LogP contribution in [0.1, 0.15) is 161 Å². The average molecular weight is 514 g/mol. The van der Waals surface area contributed by atoms with Gasteiger partial charge in [-0.3, -0.25) is 0 Å². The van der Waals surface area contributed by atoms with Crippen molar-refractivity contribution in [3.63, 3.8) is 0 Å². The summed E-state index contributed by atoms with van der Waals surface area (Å²) in [4.78, 5) is 13.6. The molecule has 0 aliphatic rings. The largest absolute Gasteiger partial charge is 0.234 e. The van der Waals surface area contributed by atoms with E-state index in [2.05, 4.69) is 18.1 Å². The summed E-state index contributed by atoms with van der Waals surface area (Å²) >= 11 is 6.38. The van der Waals surface area contributed by atoms with Gasteiger partial charge >= 0.3 is 0 Å². The second kappa shape index (κ2) is 27.5. The van der Waals surface area contributed by atoms with E-state index in [0.717, 1.165) is 6.42 Å². The van der Waals surface area contributed by atoms with Gasteiger partial charge in [-0.15, -0.1) is 0 Å². The smallest absolute Gasteiger partial charge is 0.211 e. The van der Waals surface area contributed by atoms with Crippen molar-refractivity contribution in [2.45, 2.75) is 180 Å². The van der Waals surface area contributed by atoms with Gasteiger partial charge in [-0.25, -0.2) is 9.79 Å². The van der Waals surface area contributed by atoms with Crippen molar-refractivity contribution in [3.05, 3.63) is 0 Å². The van der Waals surface area contributed by atoms with Crippen LogP contribution < -0.4 is 0 Å². The molecule has 0 amide bonds. The minimum atomic E-state index is -1.32. The molecule has 2 nitrogen and oxygen atoms in total. The number of hydrogen-bond acceptors (Lipinski definition) is 2. The van der Waals surface area contributed by atoms with Crippen LogP contribution in [0.15, 0.2) is 4.99 Å². The molecule has 0 saturated carbocycles. The summed E-state index contributed by atoms with van der Waals surface area (Å²) < 4.78 is 0. The summed E-state index contributed by atoms with van der Waals surface area (Å²) in [6.07, 6.45) is 36.7. The van der Waals surface area contributed by atoms with E-state index in [4.69, 9.17) is 11.1 Å². The van der Waals surface area contributed by atoms with Crippen LogP contribution in [0.3, 0.4) is 0 Å². The van der Waals surface area contributed by atoms with Crippen LogP contribution in [-0.4, -0.2) is 20.0 Å². The van der Waals surface area contributed by atoms with Crippen molar-refractivity contribution in [1.29, 1.82) is 0 Å². The van der Waals surface area contributed by atoms with Gasteiger partial charge < -0.3 is 0 Å². The van der Waals surface area contributed by atoms with Gasteiger partial charge in [0.2, 0.25) is 6.08 Å². The number of rotatable bonds is 28. The predicted octanol–water partition coefficient (Wildman–Crippen LogP) is 11.5. The minimum absolute atomic E-state index is 0.667. The Morgan fingerprint density at radius 2 is 0.706 bits per heavy atom. The zero-order valence-corrected chi connectivity index (χ0v) is 25.1. The monoisotopic (exact) mass is 513 g/mol. The van der Waals surface area contributed by atoms with Crippen LogP contribution in [0, 0.1) is 0 Å². The molecule has 0 aliphatic heterocycles. The average Bonchev–Trinajstić information content (AvgIpc) is 2.80. The number of nitrogens with zero attached hydrogens (tertiary/aromatic N) is 1. The Balaban J connectivity index is 3.05. The van der Waals surface area contributed by atoms with Gasteiger partial charge in [-0.05, 0) is 12.5 Å². The van der Waals surface area contributed by atoms with Gasteiger partial charge in [0, 0.05) is 0 Å². The van der Waals surface area contributed by atoms with E-state index in [-0.39, 0.29) is 0 Å². The van der Waals surface area contributed by atoms with Crippen LogP contribution >= 0.6 is 11.1 Å². The van der Waals surface area contributed by atoms with E-state index in [1.165, 1.54) is 160 Å². The Morgan fingerprint density at radius 1 is 0.471 bits per heavy atom. The second-order valence-corrected chi connectivity index (χ2v) is 18.3. The zero-order chi connectivity index (χ0) is 25.0. The molecule has 0 aromatic rings. The quantitative estimate of drug-likeness (QED) is 0.0336. The lowest BCUT2D eigenvalue weighted by Crippen LogP contribution is -2.14. The first kappa shape index (κ1) is 33.9. The topological polar surface area (TPSA) is 29.4 Å². The maximum atomic E-state index is 9.97. The molecule has 0 fully saturated rings. The fraction of sp³-hybridized carbons (Fsp3) is 0.967. The molecule has 0 aromatic carbocycles. The van der Waals surface area contributed by atoms with Crippen LogP contribution in [0.2, 0.25) is 19.1 Å². The lowest BCUT2D eigenvalue weighted by Gasteiger charge is -2.11. The Morgan fingerprint density at radius 3 is 0.941 bits per heavy atom. The lowest BCUT2D eigenvalue weighted by atomic mass is 10.0. The Hall–Kier alpha value is -0.113. The summed E-state index contributed by atoms with van der Waals surface area (Å²) in [6.45, 7) is 5.20. The fourth-order valence-electron chi connectivity index (χ4n) is 4.85. The second-order valence-electron chi connectivity index (χ2n) is 11.3. The lowest BCUT2D eigenvalue weighted by molar-refractivity contribution is 0.516. The number of aliphatic imine (C=N–C) groups is 1. The number of carbonyl (C=O) groups excluding carboxylic acids is 1. The summed E-state index contributed by atoms with van der Waals surface area (Å²) in [6, 6.07) is 1.29. The van der Waals surface area contributed by atoms with E-state index in [1.54, 1.807) is 6.08 Å². The van der Waals surface area contributed by atoms with Crippen molar-refractivity contribution in [2.75, 3.05) is 6.54 Å². The van der Waals surface area contributed by atoms with Gasteiger partial charge in [0.1, 0.15) is 7.38 Å². The molecule has 0 unspecified atom stereocenters. The SMILES string of the molecule is C[Si](C)(Cl)CCCCCCCCCCCCCCCCCCCCCCCCCCCN=C=O. The highest BCUT2D eigenvalue weighted by Gasteiger charge is 2.15. The molecule has 34 heavy (non-hydrogen) atoms. The first-order valence-electron chi connectivity index (χ1n) is 15.3. The molecule has 0 spiro atoms. The normalized spacial score (nSPS) is 11.6. The van der Waals surface area contributed by atoms with Crippen LogP contribution in [-0.2, 0) is 4.79 Å². The number of unbranched alkanes of at least 4 members (excludes halogenated alkanes) is 24. The molecule has 0 aromatic heterocycles. The molecule has 0 heterocycles. The number of hydrogen-bond donors (Lipinski definition) is 0. The van der Waals surface area contributed by atoms with Crippen LogP contribution in [0.5, 0.6) is 0 Å². The molecule has 0 saturated heterocycles. The van der Waals surface area contributed by atoms with E-state index < -0.39 is 7.38 Å². The van der Waals surface area contributed by atoms with Gasteiger partial charge in [-0.2, -0.15) is 11.1 Å². The molecule has 4 heteroatoms. The Labute approximate surface area is 220 Å². The molecule has 202 valence electrons. The highest BCUT2D eigenvalue weighted by molar-refractivity contribution is 7.19. The van der Waals surface area contributed by atoms with E-state index in [9.17, 15) is 4.79 Å². The predicted molar refractivity (Wildman–Crippen MR) is 157 cm³/mol. The van der Waals surface area contributed by atoms with Crippen molar-refractivity contribution < 1.29 is 4.79 Å². The van der Waals surface area contributed by atoms with Gasteiger partial charge in [0.05, 0.1) is 6.54 Å². The Bertz CT molecular complexity index is 446. The summed E-state index contributed by atoms with van der Waals surface area (Å²) in [5.41, 5.74) is 0. The van der Waals surface area contributed by atoms with E-state index >= 15 is 0 Å². The molecule has 0 N–H and O–H groups in total. The molecule has 0 aliphatic carbocycles. The summed E-state index contributed by atoms with van der Waals surface area (Å²) in [5, 5.41) is 0. The summed E-state index contributed by atoms with van der Waals surface area (Å²) in [5.74, 6) is 0. The molecular formula is C30H60ClNOSi. The first-order chi connectivity index (χ1) is 16.6. The van der Waals surface area contributed by atoms with Crippen molar-refractivity contribution in [2.24, 2.45) is 4.99 Å². The zero-order valence-electron chi connectivity index (χ0n) is 23.3. The third-order valence-corrected chi connectivity index (χ3v) is 9.22. The maximum absolute atomic E-state index is 9.97. The third kappa shape index (κ3) is 31.9. The van der Waals surface area contributed by atoms with Gasteiger partial charge in [0.15, 0.2) is 0 Å². The fourth-order valence-corrected chi connectivity index (χ4v) is 6.34. The Kier molecular flexibility index (Phi) is 27.4. The standard InChI is InChI=1S/C30H60ClNOSi/c1-34(2,31)29-27-25-23-21-19-17-15-13-11-9-7-5-3-4-6-8-10-12-14-16-18-20-22-24-26-28-32-30-33/h3-29H2,1-2H3.